The molecule has 0 fully saturated rings. The molecule has 0 aromatic rings. The molecule has 0 aromatic heterocycles. The zero-order chi connectivity index (χ0) is 14.6. The number of nitrogens with one attached hydrogen (secondary N) is 1. The molecule has 4 heteroatoms. The molecule has 1 N–H and O–H groups in total. The number of carbonyl (C=O) groups is 1. The van der Waals surface area contributed by atoms with Crippen LogP contribution in [-0.4, -0.2) is 42.0 Å². The zero-order valence-corrected chi connectivity index (χ0v) is 13.3. The minimum Gasteiger partial charge on any atom is -0.339 e. The Morgan fingerprint density at radius 2 is 2.00 bits per heavy atom. The fourth-order valence-corrected chi connectivity index (χ4v) is 2.82. The van der Waals surface area contributed by atoms with Crippen LogP contribution in [0.2, 0.25) is 0 Å². The minimum absolute atomic E-state index is 0.191. The molecule has 1 atom stereocenters. The van der Waals surface area contributed by atoms with Gasteiger partial charge in [-0.1, -0.05) is 27.7 Å². The van der Waals surface area contributed by atoms with Gasteiger partial charge in [-0.15, -0.1) is 0 Å². The second-order valence-electron chi connectivity index (χ2n) is 5.43. The van der Waals surface area contributed by atoms with Crippen LogP contribution >= 0.6 is 0 Å². The highest BCUT2D eigenvalue weighted by Crippen LogP contribution is 2.30. The van der Waals surface area contributed by atoms with Gasteiger partial charge in [0.2, 0.25) is 5.91 Å². The topological polar surface area (TPSA) is 35.6 Å². The third kappa shape index (κ3) is 3.50. The molecule has 1 amide bonds. The minimum atomic E-state index is 0.191. The van der Waals surface area contributed by atoms with Gasteiger partial charge in [-0.3, -0.25) is 4.79 Å². The summed E-state index contributed by atoms with van der Waals surface area (Å²) in [5.41, 5.74) is 6.31. The van der Waals surface area contributed by atoms with E-state index in [0.717, 1.165) is 25.9 Å². The predicted octanol–water partition coefficient (Wildman–Crippen LogP) is 2.38. The Labute approximate surface area is 117 Å². The van der Waals surface area contributed by atoms with E-state index in [1.54, 1.807) is 6.92 Å². The number of allylic oxidation sites excluding steroid dienone is 1. The summed E-state index contributed by atoms with van der Waals surface area (Å²) in [6.07, 6.45) is 2.14. The van der Waals surface area contributed by atoms with Crippen LogP contribution in [0.1, 0.15) is 47.5 Å². The molecule has 19 heavy (non-hydrogen) atoms. The number of hydrazine groups is 1. The maximum Gasteiger partial charge on any atom is 0.219 e. The Morgan fingerprint density at radius 3 is 2.53 bits per heavy atom. The standard InChI is InChI=1S/C13H23N3O.C2H6/c1-9(2)13-11-8-16(10(3)17)7-5-6-12(11)15(4)14-13;1-2/h9,13-14H,5-8H2,1-4H3;1-2H3. The van der Waals surface area contributed by atoms with E-state index in [9.17, 15) is 4.79 Å². The molecule has 2 heterocycles. The summed E-state index contributed by atoms with van der Waals surface area (Å²) in [6.45, 7) is 11.8. The van der Waals surface area contributed by atoms with Gasteiger partial charge in [0.15, 0.2) is 0 Å². The van der Waals surface area contributed by atoms with E-state index in [1.165, 1.54) is 11.3 Å². The summed E-state index contributed by atoms with van der Waals surface area (Å²) >= 11 is 0. The number of nitrogens with zero attached hydrogens (tertiary/aromatic N) is 2. The van der Waals surface area contributed by atoms with Crippen molar-refractivity contribution in [1.82, 2.24) is 15.3 Å². The van der Waals surface area contributed by atoms with E-state index in [4.69, 9.17) is 0 Å². The molecule has 4 nitrogen and oxygen atoms in total. The summed E-state index contributed by atoms with van der Waals surface area (Å²) in [5.74, 6) is 0.743. The van der Waals surface area contributed by atoms with Crippen molar-refractivity contribution in [3.8, 4) is 0 Å². The first-order chi connectivity index (χ1) is 9.00. The molecule has 1 unspecified atom stereocenters. The average molecular weight is 267 g/mol. The van der Waals surface area contributed by atoms with Crippen LogP contribution in [0.3, 0.4) is 0 Å². The molecular weight excluding hydrogens is 238 g/mol. The highest BCUT2D eigenvalue weighted by atomic mass is 16.2. The van der Waals surface area contributed by atoms with E-state index >= 15 is 0 Å². The van der Waals surface area contributed by atoms with Gasteiger partial charge in [-0.05, 0) is 24.3 Å². The molecular formula is C15H29N3O. The molecule has 0 aliphatic carbocycles. The number of hydrogen-bond acceptors (Lipinski definition) is 3. The largest absolute Gasteiger partial charge is 0.339 e. The van der Waals surface area contributed by atoms with E-state index in [1.807, 2.05) is 18.7 Å². The maximum atomic E-state index is 11.6. The van der Waals surface area contributed by atoms with Crippen LogP contribution in [0.5, 0.6) is 0 Å². The summed E-state index contributed by atoms with van der Waals surface area (Å²) < 4.78 is 0. The van der Waals surface area contributed by atoms with Gasteiger partial charge in [0, 0.05) is 32.8 Å². The molecule has 2 rings (SSSR count). The van der Waals surface area contributed by atoms with Crippen molar-refractivity contribution in [2.75, 3.05) is 20.1 Å². The number of amides is 1. The smallest absolute Gasteiger partial charge is 0.219 e. The first-order valence-electron chi connectivity index (χ1n) is 7.48. The second kappa shape index (κ2) is 6.94. The summed E-state index contributed by atoms with van der Waals surface area (Å²) in [6, 6.07) is 0.384. The van der Waals surface area contributed by atoms with Crippen molar-refractivity contribution in [1.29, 1.82) is 0 Å². The molecule has 0 spiro atoms. The van der Waals surface area contributed by atoms with Gasteiger partial charge in [-0.2, -0.15) is 0 Å². The number of hydrogen-bond donors (Lipinski definition) is 1. The van der Waals surface area contributed by atoms with Crippen molar-refractivity contribution in [2.45, 2.75) is 53.5 Å². The van der Waals surface area contributed by atoms with Crippen LogP contribution in [0.25, 0.3) is 0 Å². The van der Waals surface area contributed by atoms with Gasteiger partial charge in [-0.25, -0.2) is 5.43 Å². The van der Waals surface area contributed by atoms with Gasteiger partial charge < -0.3 is 9.91 Å². The molecule has 0 saturated heterocycles. The Hall–Kier alpha value is -1.03. The highest BCUT2D eigenvalue weighted by molar-refractivity contribution is 5.73. The lowest BCUT2D eigenvalue weighted by Gasteiger charge is -2.25. The van der Waals surface area contributed by atoms with E-state index in [2.05, 4.69) is 31.3 Å². The Morgan fingerprint density at radius 1 is 1.37 bits per heavy atom. The summed E-state index contributed by atoms with van der Waals surface area (Å²) in [5, 5.41) is 2.16. The lowest BCUT2D eigenvalue weighted by Crippen LogP contribution is -2.41. The first kappa shape index (κ1) is 16.0. The third-order valence-corrected chi connectivity index (χ3v) is 3.80. The zero-order valence-electron chi connectivity index (χ0n) is 13.3. The lowest BCUT2D eigenvalue weighted by atomic mass is 9.95. The van der Waals surface area contributed by atoms with Gasteiger partial charge in [0.05, 0.1) is 6.04 Å². The quantitative estimate of drug-likeness (QED) is 0.792. The molecule has 0 aromatic carbocycles. The Balaban J connectivity index is 0.000000861. The van der Waals surface area contributed by atoms with E-state index in [0.29, 0.717) is 12.0 Å². The van der Waals surface area contributed by atoms with Crippen molar-refractivity contribution in [2.24, 2.45) is 5.92 Å². The van der Waals surface area contributed by atoms with Crippen LogP contribution in [-0.2, 0) is 4.79 Å². The maximum absolute atomic E-state index is 11.6. The fraction of sp³-hybridized carbons (Fsp3) is 0.800. The Bertz CT molecular complexity index is 349. The van der Waals surface area contributed by atoms with Gasteiger partial charge >= 0.3 is 0 Å². The summed E-state index contributed by atoms with van der Waals surface area (Å²) in [7, 11) is 2.08. The van der Waals surface area contributed by atoms with E-state index < -0.39 is 0 Å². The average Bonchev–Trinajstić information content (AvgIpc) is 2.57. The molecule has 0 bridgehead atoms. The van der Waals surface area contributed by atoms with Crippen LogP contribution in [0.15, 0.2) is 11.3 Å². The number of rotatable bonds is 1. The normalized spacial score (nSPS) is 23.0. The van der Waals surface area contributed by atoms with Crippen LogP contribution in [0, 0.1) is 5.92 Å². The highest BCUT2D eigenvalue weighted by Gasteiger charge is 2.33. The summed E-state index contributed by atoms with van der Waals surface area (Å²) in [4.78, 5) is 13.5. The Kier molecular flexibility index (Phi) is 5.85. The molecule has 0 saturated carbocycles. The second-order valence-corrected chi connectivity index (χ2v) is 5.43. The van der Waals surface area contributed by atoms with Crippen LogP contribution < -0.4 is 5.43 Å². The SMILES string of the molecule is CC.CC(=O)N1CCCC2=C(C1)C(C(C)C)NN2C. The van der Waals surface area contributed by atoms with Crippen molar-refractivity contribution < 1.29 is 4.79 Å². The van der Waals surface area contributed by atoms with Crippen LogP contribution in [0.4, 0.5) is 0 Å². The molecule has 0 radical (unpaired) electrons. The predicted molar refractivity (Wildman–Crippen MR) is 79.4 cm³/mol. The fourth-order valence-electron chi connectivity index (χ4n) is 2.82. The van der Waals surface area contributed by atoms with Gasteiger partial charge in [0.1, 0.15) is 0 Å². The van der Waals surface area contributed by atoms with E-state index in [-0.39, 0.29) is 5.91 Å². The van der Waals surface area contributed by atoms with Crippen molar-refractivity contribution >= 4 is 5.91 Å². The molecule has 110 valence electrons. The molecule has 2 aliphatic heterocycles. The van der Waals surface area contributed by atoms with Crippen molar-refractivity contribution in [3.05, 3.63) is 11.3 Å². The molecule has 2 aliphatic rings. The monoisotopic (exact) mass is 267 g/mol. The van der Waals surface area contributed by atoms with Crippen molar-refractivity contribution in [3.63, 3.8) is 0 Å². The lowest BCUT2D eigenvalue weighted by molar-refractivity contribution is -0.128. The number of carbonyl (C=O) groups excluding carboxylic acids is 1. The first-order valence-corrected chi connectivity index (χ1v) is 7.48. The van der Waals surface area contributed by atoms with Gasteiger partial charge in [0.25, 0.3) is 0 Å². The third-order valence-electron chi connectivity index (χ3n) is 3.80.